The Kier molecular flexibility index (Phi) is 8.53. The Morgan fingerprint density at radius 3 is 2.66 bits per heavy atom. The minimum absolute atomic E-state index is 0.0448. The number of benzene rings is 2. The van der Waals surface area contributed by atoms with E-state index in [4.69, 9.17) is 4.74 Å². The Morgan fingerprint density at radius 2 is 1.97 bits per heavy atom. The number of hydrogen-bond donors (Lipinski definition) is 0. The SMILES string of the molecule is COCCCN(CC(=O)N1CCS[C@@H]1c1ccc(F)cc1)Cc1ccc(Br)cc1. The number of methoxy groups -OCH3 is 1. The third-order valence-electron chi connectivity index (χ3n) is 4.87. The molecule has 1 amide bonds. The van der Waals surface area contributed by atoms with E-state index in [9.17, 15) is 9.18 Å². The fraction of sp³-hybridized carbons (Fsp3) is 0.409. The quantitative estimate of drug-likeness (QED) is 0.486. The van der Waals surface area contributed by atoms with E-state index in [1.165, 1.54) is 17.7 Å². The molecule has 1 aliphatic heterocycles. The summed E-state index contributed by atoms with van der Waals surface area (Å²) in [5, 5.41) is -0.0448. The van der Waals surface area contributed by atoms with Crippen molar-refractivity contribution in [3.8, 4) is 0 Å². The molecular formula is C22H26BrFN2O2S. The molecule has 0 aliphatic carbocycles. The molecule has 1 heterocycles. The first-order valence-electron chi connectivity index (χ1n) is 9.69. The third kappa shape index (κ3) is 6.54. The maximum absolute atomic E-state index is 13.3. The van der Waals surface area contributed by atoms with Crippen LogP contribution in [-0.2, 0) is 16.1 Å². The number of hydrogen-bond acceptors (Lipinski definition) is 4. The van der Waals surface area contributed by atoms with Crippen molar-refractivity contribution < 1.29 is 13.9 Å². The zero-order valence-electron chi connectivity index (χ0n) is 16.5. The zero-order chi connectivity index (χ0) is 20.6. The average molecular weight is 481 g/mol. The van der Waals surface area contributed by atoms with Gasteiger partial charge in [-0.1, -0.05) is 40.2 Å². The Morgan fingerprint density at radius 1 is 1.24 bits per heavy atom. The normalized spacial score (nSPS) is 16.6. The molecule has 1 atom stereocenters. The van der Waals surface area contributed by atoms with Crippen molar-refractivity contribution in [2.75, 3.05) is 39.1 Å². The molecule has 1 fully saturated rings. The minimum atomic E-state index is -0.256. The highest BCUT2D eigenvalue weighted by molar-refractivity contribution is 9.10. The molecule has 1 saturated heterocycles. The molecular weight excluding hydrogens is 455 g/mol. The topological polar surface area (TPSA) is 32.8 Å². The lowest BCUT2D eigenvalue weighted by Gasteiger charge is -2.28. The summed E-state index contributed by atoms with van der Waals surface area (Å²) in [5.41, 5.74) is 2.14. The first-order valence-corrected chi connectivity index (χ1v) is 11.5. The number of ether oxygens (including phenoxy) is 1. The van der Waals surface area contributed by atoms with Crippen molar-refractivity contribution in [3.05, 3.63) is 69.9 Å². The van der Waals surface area contributed by atoms with Gasteiger partial charge in [-0.3, -0.25) is 9.69 Å². The van der Waals surface area contributed by atoms with Crippen LogP contribution in [0.1, 0.15) is 22.9 Å². The van der Waals surface area contributed by atoms with E-state index in [-0.39, 0.29) is 17.1 Å². The summed E-state index contributed by atoms with van der Waals surface area (Å²) in [4.78, 5) is 17.2. The molecule has 0 radical (unpaired) electrons. The van der Waals surface area contributed by atoms with Gasteiger partial charge < -0.3 is 9.64 Å². The lowest BCUT2D eigenvalue weighted by atomic mass is 10.2. The van der Waals surface area contributed by atoms with Crippen LogP contribution in [-0.4, -0.2) is 54.8 Å². The number of halogens is 2. The summed E-state index contributed by atoms with van der Waals surface area (Å²) in [6, 6.07) is 14.7. The summed E-state index contributed by atoms with van der Waals surface area (Å²) < 4.78 is 19.5. The van der Waals surface area contributed by atoms with Crippen LogP contribution in [0.2, 0.25) is 0 Å². The smallest absolute Gasteiger partial charge is 0.237 e. The number of carbonyl (C=O) groups excluding carboxylic acids is 1. The predicted molar refractivity (Wildman–Crippen MR) is 119 cm³/mol. The van der Waals surface area contributed by atoms with Gasteiger partial charge in [0, 0.05) is 43.6 Å². The van der Waals surface area contributed by atoms with Gasteiger partial charge in [0.2, 0.25) is 5.91 Å². The molecule has 29 heavy (non-hydrogen) atoms. The van der Waals surface area contributed by atoms with Crippen LogP contribution < -0.4 is 0 Å². The number of rotatable bonds is 9. The Balaban J connectivity index is 1.67. The van der Waals surface area contributed by atoms with Crippen molar-refractivity contribution in [2.24, 2.45) is 0 Å². The predicted octanol–water partition coefficient (Wildman–Crippen LogP) is 4.70. The summed E-state index contributed by atoms with van der Waals surface area (Å²) in [7, 11) is 1.69. The van der Waals surface area contributed by atoms with Crippen molar-refractivity contribution in [1.29, 1.82) is 0 Å². The second kappa shape index (κ2) is 11.1. The monoisotopic (exact) mass is 480 g/mol. The highest BCUT2D eigenvalue weighted by Gasteiger charge is 2.31. The number of carbonyl (C=O) groups is 1. The van der Waals surface area contributed by atoms with Gasteiger partial charge in [0.15, 0.2) is 0 Å². The fourth-order valence-electron chi connectivity index (χ4n) is 3.41. The van der Waals surface area contributed by atoms with Crippen molar-refractivity contribution in [3.63, 3.8) is 0 Å². The second-order valence-corrected chi connectivity index (χ2v) is 9.15. The Labute approximate surface area is 184 Å². The molecule has 1 aliphatic rings. The number of nitrogens with zero attached hydrogens (tertiary/aromatic N) is 2. The first-order chi connectivity index (χ1) is 14.1. The average Bonchev–Trinajstić information content (AvgIpc) is 3.20. The van der Waals surface area contributed by atoms with E-state index >= 15 is 0 Å². The third-order valence-corrected chi connectivity index (χ3v) is 6.66. The number of thioether (sulfide) groups is 1. The summed E-state index contributed by atoms with van der Waals surface area (Å²) in [6.45, 7) is 3.25. The molecule has 0 N–H and O–H groups in total. The minimum Gasteiger partial charge on any atom is -0.385 e. The van der Waals surface area contributed by atoms with Gasteiger partial charge in [0.05, 0.1) is 6.54 Å². The van der Waals surface area contributed by atoms with E-state index in [1.807, 2.05) is 17.0 Å². The van der Waals surface area contributed by atoms with Crippen molar-refractivity contribution in [2.45, 2.75) is 18.3 Å². The van der Waals surface area contributed by atoms with E-state index in [0.29, 0.717) is 19.7 Å². The Bertz CT molecular complexity index is 788. The van der Waals surface area contributed by atoms with Crippen LogP contribution >= 0.6 is 27.7 Å². The Hall–Kier alpha value is -1.41. The van der Waals surface area contributed by atoms with Crippen molar-refractivity contribution in [1.82, 2.24) is 9.80 Å². The summed E-state index contributed by atoms with van der Waals surface area (Å²) >= 11 is 5.20. The van der Waals surface area contributed by atoms with Gasteiger partial charge in [-0.25, -0.2) is 4.39 Å². The van der Waals surface area contributed by atoms with Gasteiger partial charge in [-0.2, -0.15) is 0 Å². The molecule has 7 heteroatoms. The van der Waals surface area contributed by atoms with Crippen LogP contribution in [0.15, 0.2) is 53.0 Å². The molecule has 0 saturated carbocycles. The summed E-state index contributed by atoms with van der Waals surface area (Å²) in [6.07, 6.45) is 0.871. The lowest BCUT2D eigenvalue weighted by molar-refractivity contribution is -0.132. The molecule has 0 unspecified atom stereocenters. The fourth-order valence-corrected chi connectivity index (χ4v) is 4.95. The van der Waals surface area contributed by atoms with E-state index < -0.39 is 0 Å². The molecule has 4 nitrogen and oxygen atoms in total. The molecule has 3 rings (SSSR count). The highest BCUT2D eigenvalue weighted by Crippen LogP contribution is 2.38. The molecule has 0 bridgehead atoms. The van der Waals surface area contributed by atoms with E-state index in [2.05, 4.69) is 33.0 Å². The van der Waals surface area contributed by atoms with Gasteiger partial charge in [0.25, 0.3) is 0 Å². The summed E-state index contributed by atoms with van der Waals surface area (Å²) in [5.74, 6) is 0.747. The number of amides is 1. The van der Waals surface area contributed by atoms with E-state index in [1.54, 1.807) is 31.0 Å². The molecule has 2 aromatic rings. The molecule has 2 aromatic carbocycles. The highest BCUT2D eigenvalue weighted by atomic mass is 79.9. The molecule has 0 aromatic heterocycles. The van der Waals surface area contributed by atoms with Crippen LogP contribution in [0, 0.1) is 5.82 Å². The van der Waals surface area contributed by atoms with Crippen molar-refractivity contribution >= 4 is 33.6 Å². The van der Waals surface area contributed by atoms with Crippen LogP contribution in [0.5, 0.6) is 0 Å². The van der Waals surface area contributed by atoms with Crippen LogP contribution in [0.3, 0.4) is 0 Å². The van der Waals surface area contributed by atoms with Gasteiger partial charge in [-0.05, 0) is 41.8 Å². The largest absolute Gasteiger partial charge is 0.385 e. The first kappa shape index (κ1) is 22.3. The maximum atomic E-state index is 13.3. The van der Waals surface area contributed by atoms with E-state index in [0.717, 1.165) is 35.3 Å². The molecule has 156 valence electrons. The van der Waals surface area contributed by atoms with Gasteiger partial charge in [0.1, 0.15) is 11.2 Å². The second-order valence-electron chi connectivity index (χ2n) is 7.05. The standard InChI is InChI=1S/C22H26BrFN2O2S/c1-28-13-2-11-25(15-17-3-7-19(23)8-4-17)16-21(27)26-12-14-29-22(26)18-5-9-20(24)10-6-18/h3-10,22H,2,11-16H2,1H3/t22-/m1/s1. The van der Waals surface area contributed by atoms with Gasteiger partial charge in [-0.15, -0.1) is 11.8 Å². The van der Waals surface area contributed by atoms with Crippen LogP contribution in [0.4, 0.5) is 4.39 Å². The lowest BCUT2D eigenvalue weighted by Crippen LogP contribution is -2.40. The molecule has 0 spiro atoms. The zero-order valence-corrected chi connectivity index (χ0v) is 18.9. The maximum Gasteiger partial charge on any atom is 0.237 e. The van der Waals surface area contributed by atoms with Crippen LogP contribution in [0.25, 0.3) is 0 Å². The van der Waals surface area contributed by atoms with Gasteiger partial charge >= 0.3 is 0 Å².